The van der Waals surface area contributed by atoms with Crippen LogP contribution in [0.2, 0.25) is 18.1 Å². The van der Waals surface area contributed by atoms with Gasteiger partial charge in [-0.15, -0.1) is 11.6 Å². The second-order valence-corrected chi connectivity index (χ2v) is 13.2. The molecular formula is C18H29ClFNO2Si. The summed E-state index contributed by atoms with van der Waals surface area (Å²) in [5, 5.41) is 3.35. The van der Waals surface area contributed by atoms with Gasteiger partial charge in [0.25, 0.3) is 0 Å². The van der Waals surface area contributed by atoms with Crippen molar-refractivity contribution in [2.75, 3.05) is 13.3 Å². The molecule has 0 bridgehead atoms. The molecule has 1 unspecified atom stereocenters. The van der Waals surface area contributed by atoms with E-state index in [1.807, 2.05) is 24.3 Å². The van der Waals surface area contributed by atoms with Gasteiger partial charge in [0.2, 0.25) is 0 Å². The molecule has 6 heteroatoms. The summed E-state index contributed by atoms with van der Waals surface area (Å²) in [5.74, 6) is 0.776. The van der Waals surface area contributed by atoms with Crippen LogP contribution in [0.3, 0.4) is 0 Å². The minimum atomic E-state index is -2.00. The first-order valence-corrected chi connectivity index (χ1v) is 11.8. The van der Waals surface area contributed by atoms with E-state index in [1.54, 1.807) is 0 Å². The third kappa shape index (κ3) is 4.94. The minimum Gasteiger partial charge on any atom is -0.491 e. The van der Waals surface area contributed by atoms with Gasteiger partial charge in [-0.1, -0.05) is 32.9 Å². The molecule has 2 aliphatic rings. The number of alkyl halides is 2. The SMILES string of the molecule is CC(C)(C)[Si](C)(C)OC(CF)COC1=CC[C@@H]2N[C@H](Cl)C=CC2=C1. The summed E-state index contributed by atoms with van der Waals surface area (Å²) in [6.45, 7) is 10.4. The van der Waals surface area contributed by atoms with E-state index in [1.165, 1.54) is 0 Å². The fourth-order valence-corrected chi connectivity index (χ4v) is 4.00. The number of ether oxygens (including phenoxy) is 1. The average Bonchev–Trinajstić information content (AvgIpc) is 2.50. The Labute approximate surface area is 151 Å². The molecule has 136 valence electrons. The van der Waals surface area contributed by atoms with Crippen molar-refractivity contribution in [1.82, 2.24) is 5.32 Å². The van der Waals surface area contributed by atoms with Gasteiger partial charge in [0.05, 0.1) is 0 Å². The van der Waals surface area contributed by atoms with Crippen LogP contribution in [0.25, 0.3) is 0 Å². The highest BCUT2D eigenvalue weighted by Crippen LogP contribution is 2.37. The molecule has 1 aliphatic carbocycles. The van der Waals surface area contributed by atoms with Crippen LogP contribution in [0.4, 0.5) is 4.39 Å². The van der Waals surface area contributed by atoms with Crippen molar-refractivity contribution >= 4 is 19.9 Å². The Morgan fingerprint density at radius 3 is 2.75 bits per heavy atom. The van der Waals surface area contributed by atoms with Crippen molar-refractivity contribution < 1.29 is 13.6 Å². The van der Waals surface area contributed by atoms with Gasteiger partial charge in [-0.3, -0.25) is 5.32 Å². The summed E-state index contributed by atoms with van der Waals surface area (Å²) in [7, 11) is -2.00. The lowest BCUT2D eigenvalue weighted by atomic mass is 9.95. The molecule has 1 heterocycles. The molecule has 0 fully saturated rings. The molecule has 1 N–H and O–H groups in total. The fourth-order valence-electron chi connectivity index (χ4n) is 2.46. The summed E-state index contributed by atoms with van der Waals surface area (Å²) >= 11 is 6.06. The van der Waals surface area contributed by atoms with Gasteiger partial charge in [0, 0.05) is 6.04 Å². The summed E-state index contributed by atoms with van der Waals surface area (Å²) in [5.41, 5.74) is 1.02. The van der Waals surface area contributed by atoms with E-state index in [-0.39, 0.29) is 23.2 Å². The first kappa shape index (κ1) is 19.7. The van der Waals surface area contributed by atoms with Crippen LogP contribution in [0.1, 0.15) is 27.2 Å². The van der Waals surface area contributed by atoms with Gasteiger partial charge in [-0.05, 0) is 42.3 Å². The smallest absolute Gasteiger partial charge is 0.192 e. The maximum absolute atomic E-state index is 13.4. The largest absolute Gasteiger partial charge is 0.491 e. The number of halogens is 2. The zero-order chi connectivity index (χ0) is 18.0. The number of allylic oxidation sites excluding steroid dienone is 1. The Morgan fingerprint density at radius 1 is 1.42 bits per heavy atom. The maximum Gasteiger partial charge on any atom is 0.192 e. The summed E-state index contributed by atoms with van der Waals surface area (Å²) in [6, 6.07) is 0.227. The van der Waals surface area contributed by atoms with Crippen molar-refractivity contribution in [1.29, 1.82) is 0 Å². The number of rotatable bonds is 6. The number of fused-ring (bicyclic) bond motifs is 1. The second-order valence-electron chi connectivity index (χ2n) is 7.93. The van der Waals surface area contributed by atoms with Crippen LogP contribution < -0.4 is 5.32 Å². The topological polar surface area (TPSA) is 30.5 Å². The molecule has 0 aromatic rings. The van der Waals surface area contributed by atoms with Crippen LogP contribution in [0.15, 0.2) is 35.6 Å². The van der Waals surface area contributed by atoms with Crippen molar-refractivity contribution in [2.45, 2.75) is 63.0 Å². The highest BCUT2D eigenvalue weighted by molar-refractivity contribution is 6.74. The first-order chi connectivity index (χ1) is 11.1. The van der Waals surface area contributed by atoms with Crippen LogP contribution in [-0.2, 0) is 9.16 Å². The van der Waals surface area contributed by atoms with E-state index in [9.17, 15) is 4.39 Å². The van der Waals surface area contributed by atoms with Crippen molar-refractivity contribution in [2.24, 2.45) is 0 Å². The molecule has 0 spiro atoms. The van der Waals surface area contributed by atoms with Crippen LogP contribution in [0, 0.1) is 0 Å². The minimum absolute atomic E-state index is 0.0520. The molecule has 3 atom stereocenters. The van der Waals surface area contributed by atoms with Crippen LogP contribution in [0.5, 0.6) is 0 Å². The van der Waals surface area contributed by atoms with E-state index in [0.29, 0.717) is 0 Å². The zero-order valence-corrected chi connectivity index (χ0v) is 17.0. The fraction of sp³-hybridized carbons (Fsp3) is 0.667. The summed E-state index contributed by atoms with van der Waals surface area (Å²) in [4.78, 5) is 0. The maximum atomic E-state index is 13.4. The quantitative estimate of drug-likeness (QED) is 0.417. The molecular weight excluding hydrogens is 345 g/mol. The lowest BCUT2D eigenvalue weighted by Gasteiger charge is -2.38. The number of nitrogens with one attached hydrogen (secondary N) is 1. The molecule has 24 heavy (non-hydrogen) atoms. The lowest BCUT2D eigenvalue weighted by Crippen LogP contribution is -2.45. The standard InChI is InChI=1S/C18H29ClFNO2Si/c1-18(2,3)24(4,5)23-15(11-20)12-22-14-7-8-16-13(10-14)6-9-17(19)21-16/h6-7,9-10,15-17,21H,8,11-12H2,1-5H3/t15?,16-,17-/m0/s1. The van der Waals surface area contributed by atoms with Crippen LogP contribution >= 0.6 is 11.6 Å². The van der Waals surface area contributed by atoms with Crippen LogP contribution in [-0.4, -0.2) is 39.2 Å². The second kappa shape index (κ2) is 7.73. The number of hydrogen-bond acceptors (Lipinski definition) is 3. The molecule has 0 aromatic carbocycles. The van der Waals surface area contributed by atoms with Gasteiger partial charge in [0.15, 0.2) is 8.32 Å². The molecule has 1 aliphatic heterocycles. The Kier molecular flexibility index (Phi) is 6.34. The first-order valence-electron chi connectivity index (χ1n) is 8.49. The van der Waals surface area contributed by atoms with Gasteiger partial charge in [-0.2, -0.15) is 0 Å². The third-order valence-corrected chi connectivity index (χ3v) is 9.77. The third-order valence-electron chi connectivity index (χ3n) is 4.96. The van der Waals surface area contributed by atoms with Crippen molar-refractivity contribution in [3.63, 3.8) is 0 Å². The predicted molar refractivity (Wildman–Crippen MR) is 100 cm³/mol. The normalized spacial score (nSPS) is 25.6. The molecule has 2 rings (SSSR count). The average molecular weight is 374 g/mol. The van der Waals surface area contributed by atoms with Gasteiger partial charge in [0.1, 0.15) is 30.6 Å². The van der Waals surface area contributed by atoms with E-state index in [0.717, 1.165) is 17.8 Å². The van der Waals surface area contributed by atoms with Crippen molar-refractivity contribution in [3.05, 3.63) is 35.6 Å². The van der Waals surface area contributed by atoms with Crippen molar-refractivity contribution in [3.8, 4) is 0 Å². The van der Waals surface area contributed by atoms with Gasteiger partial charge < -0.3 is 9.16 Å². The van der Waals surface area contributed by atoms with E-state index in [4.69, 9.17) is 20.8 Å². The van der Waals surface area contributed by atoms with Gasteiger partial charge in [-0.25, -0.2) is 4.39 Å². The van der Waals surface area contributed by atoms with E-state index < -0.39 is 21.1 Å². The molecule has 0 amide bonds. The monoisotopic (exact) mass is 373 g/mol. The molecule has 0 saturated carbocycles. The lowest BCUT2D eigenvalue weighted by molar-refractivity contribution is 0.0643. The van der Waals surface area contributed by atoms with E-state index in [2.05, 4.69) is 39.2 Å². The Morgan fingerprint density at radius 2 is 2.12 bits per heavy atom. The summed E-state index contributed by atoms with van der Waals surface area (Å²) < 4.78 is 25.3. The Bertz CT molecular complexity index is 540. The highest BCUT2D eigenvalue weighted by Gasteiger charge is 2.39. The molecule has 0 aromatic heterocycles. The highest BCUT2D eigenvalue weighted by atomic mass is 35.5. The molecule has 0 radical (unpaired) electrons. The summed E-state index contributed by atoms with van der Waals surface area (Å²) in [6.07, 6.45) is 8.24. The molecule has 0 saturated heterocycles. The van der Waals surface area contributed by atoms with Gasteiger partial charge >= 0.3 is 0 Å². The van der Waals surface area contributed by atoms with E-state index >= 15 is 0 Å². The number of hydrogen-bond donors (Lipinski definition) is 1. The Balaban J connectivity index is 1.92. The Hall–Kier alpha value is -0.623. The molecule has 3 nitrogen and oxygen atoms in total. The zero-order valence-electron chi connectivity index (χ0n) is 15.2. The predicted octanol–water partition coefficient (Wildman–Crippen LogP) is 4.67.